The van der Waals surface area contributed by atoms with Crippen LogP contribution in [0.3, 0.4) is 0 Å². The molecule has 5 aromatic rings. The van der Waals surface area contributed by atoms with Crippen LogP contribution in [-0.4, -0.2) is 35.7 Å². The third-order valence-corrected chi connectivity index (χ3v) is 5.59. The van der Waals surface area contributed by atoms with Crippen LogP contribution in [0, 0.1) is 6.92 Å². The van der Waals surface area contributed by atoms with Crippen LogP contribution in [0.2, 0.25) is 0 Å². The number of aromatic nitrogens is 3. The summed E-state index contributed by atoms with van der Waals surface area (Å²) in [5.74, 6) is 2.33. The first-order valence-electron chi connectivity index (χ1n) is 10.3. The van der Waals surface area contributed by atoms with Gasteiger partial charge in [0.15, 0.2) is 11.5 Å². The first kappa shape index (κ1) is 19.9. The quantitative estimate of drug-likeness (QED) is 0.369. The number of ether oxygens (including phenoxy) is 3. The molecule has 2 aromatic heterocycles. The van der Waals surface area contributed by atoms with Gasteiger partial charge in [-0.05, 0) is 42.8 Å². The standard InChI is InChI=1S/C26H23N3O3/c1-16-9-11-17(12-10-16)22-15-20(18-13-23(30-2)25(32-4)24(14-18)31-3)28-26-27-19-7-5-6-8-21(19)29(22)26/h5-15H,1-4H3. The van der Waals surface area contributed by atoms with E-state index in [1.807, 2.05) is 30.3 Å². The largest absolute Gasteiger partial charge is 0.493 e. The average Bonchev–Trinajstić information content (AvgIpc) is 3.21. The molecule has 0 unspecified atom stereocenters. The number of methoxy groups -OCH3 is 3. The highest BCUT2D eigenvalue weighted by atomic mass is 16.5. The fraction of sp³-hybridized carbons (Fsp3) is 0.154. The molecule has 0 atom stereocenters. The summed E-state index contributed by atoms with van der Waals surface area (Å²) in [7, 11) is 4.81. The van der Waals surface area contributed by atoms with Crippen molar-refractivity contribution >= 4 is 16.8 Å². The van der Waals surface area contributed by atoms with E-state index < -0.39 is 0 Å². The van der Waals surface area contributed by atoms with E-state index in [0.29, 0.717) is 23.0 Å². The van der Waals surface area contributed by atoms with E-state index in [1.165, 1.54) is 5.56 Å². The van der Waals surface area contributed by atoms with E-state index in [2.05, 4.69) is 47.7 Å². The van der Waals surface area contributed by atoms with Gasteiger partial charge in [-0.1, -0.05) is 42.0 Å². The molecule has 0 saturated heterocycles. The Morgan fingerprint density at radius 3 is 2.06 bits per heavy atom. The van der Waals surface area contributed by atoms with Gasteiger partial charge in [-0.3, -0.25) is 4.40 Å². The molecule has 2 heterocycles. The van der Waals surface area contributed by atoms with Crippen LogP contribution >= 0.6 is 0 Å². The Morgan fingerprint density at radius 2 is 1.41 bits per heavy atom. The lowest BCUT2D eigenvalue weighted by atomic mass is 10.1. The Labute approximate surface area is 186 Å². The highest BCUT2D eigenvalue weighted by Gasteiger charge is 2.18. The van der Waals surface area contributed by atoms with Crippen molar-refractivity contribution in [3.63, 3.8) is 0 Å². The summed E-state index contributed by atoms with van der Waals surface area (Å²) in [5.41, 5.74) is 6.83. The second-order valence-corrected chi connectivity index (χ2v) is 7.54. The smallest absolute Gasteiger partial charge is 0.235 e. The van der Waals surface area contributed by atoms with Gasteiger partial charge in [-0.2, -0.15) is 0 Å². The normalized spacial score (nSPS) is 11.1. The molecule has 0 bridgehead atoms. The predicted molar refractivity (Wildman–Crippen MR) is 126 cm³/mol. The molecule has 0 fully saturated rings. The van der Waals surface area contributed by atoms with Crippen LogP contribution in [0.1, 0.15) is 5.56 Å². The second-order valence-electron chi connectivity index (χ2n) is 7.54. The van der Waals surface area contributed by atoms with Crippen LogP contribution in [0.4, 0.5) is 0 Å². The van der Waals surface area contributed by atoms with E-state index in [4.69, 9.17) is 24.2 Å². The molecule has 5 rings (SSSR count). The second kappa shape index (κ2) is 7.89. The molecular formula is C26H23N3O3. The number of aryl methyl sites for hydroxylation is 1. The number of fused-ring (bicyclic) bond motifs is 3. The van der Waals surface area contributed by atoms with Crippen LogP contribution in [0.25, 0.3) is 39.3 Å². The molecule has 0 aliphatic carbocycles. The SMILES string of the molecule is COc1cc(-c2cc(-c3ccc(C)cc3)n3c(n2)nc2ccccc23)cc(OC)c1OC. The van der Waals surface area contributed by atoms with Crippen molar-refractivity contribution in [2.75, 3.05) is 21.3 Å². The van der Waals surface area contributed by atoms with Gasteiger partial charge in [0.25, 0.3) is 0 Å². The number of rotatable bonds is 5. The zero-order chi connectivity index (χ0) is 22.2. The van der Waals surface area contributed by atoms with Crippen molar-refractivity contribution in [2.45, 2.75) is 6.92 Å². The minimum absolute atomic E-state index is 0.546. The first-order chi connectivity index (χ1) is 15.6. The van der Waals surface area contributed by atoms with E-state index in [-0.39, 0.29) is 0 Å². The van der Waals surface area contributed by atoms with E-state index in [9.17, 15) is 0 Å². The number of imidazole rings is 1. The summed E-state index contributed by atoms with van der Waals surface area (Å²) >= 11 is 0. The van der Waals surface area contributed by atoms with Gasteiger partial charge < -0.3 is 14.2 Å². The zero-order valence-corrected chi connectivity index (χ0v) is 18.4. The van der Waals surface area contributed by atoms with E-state index >= 15 is 0 Å². The Morgan fingerprint density at radius 1 is 0.719 bits per heavy atom. The molecule has 0 N–H and O–H groups in total. The highest BCUT2D eigenvalue weighted by molar-refractivity contribution is 5.84. The van der Waals surface area contributed by atoms with Gasteiger partial charge in [0, 0.05) is 5.56 Å². The summed E-state index contributed by atoms with van der Waals surface area (Å²) < 4.78 is 18.7. The summed E-state index contributed by atoms with van der Waals surface area (Å²) in [6.07, 6.45) is 0. The van der Waals surface area contributed by atoms with Gasteiger partial charge in [0.2, 0.25) is 11.5 Å². The average molecular weight is 425 g/mol. The van der Waals surface area contributed by atoms with Crippen molar-refractivity contribution in [3.05, 3.63) is 72.3 Å². The molecule has 6 heteroatoms. The molecule has 0 aliphatic heterocycles. The molecular weight excluding hydrogens is 402 g/mol. The molecule has 0 amide bonds. The zero-order valence-electron chi connectivity index (χ0n) is 18.4. The Kier molecular flexibility index (Phi) is 4.90. The molecule has 0 spiro atoms. The Hall–Kier alpha value is -4.06. The third kappa shape index (κ3) is 3.21. The minimum atomic E-state index is 0.546. The van der Waals surface area contributed by atoms with Gasteiger partial charge in [-0.25, -0.2) is 9.97 Å². The summed E-state index contributed by atoms with van der Waals surface area (Å²) in [4.78, 5) is 9.68. The van der Waals surface area contributed by atoms with Crippen molar-refractivity contribution in [1.82, 2.24) is 14.4 Å². The van der Waals surface area contributed by atoms with Gasteiger partial charge in [0.1, 0.15) is 0 Å². The highest BCUT2D eigenvalue weighted by Crippen LogP contribution is 2.41. The number of hydrogen-bond acceptors (Lipinski definition) is 5. The Balaban J connectivity index is 1.82. The van der Waals surface area contributed by atoms with Crippen LogP contribution in [-0.2, 0) is 0 Å². The fourth-order valence-corrected chi connectivity index (χ4v) is 3.97. The number of hydrogen-bond donors (Lipinski definition) is 0. The monoisotopic (exact) mass is 425 g/mol. The maximum Gasteiger partial charge on any atom is 0.235 e. The first-order valence-corrected chi connectivity index (χ1v) is 10.3. The number of nitrogens with zero attached hydrogens (tertiary/aromatic N) is 3. The molecule has 0 radical (unpaired) electrons. The lowest BCUT2D eigenvalue weighted by Crippen LogP contribution is -1.99. The van der Waals surface area contributed by atoms with Crippen molar-refractivity contribution in [3.8, 4) is 39.8 Å². The van der Waals surface area contributed by atoms with Gasteiger partial charge in [0.05, 0.1) is 43.8 Å². The van der Waals surface area contributed by atoms with Crippen LogP contribution in [0.5, 0.6) is 17.2 Å². The third-order valence-electron chi connectivity index (χ3n) is 5.59. The number of para-hydroxylation sites is 2. The maximum atomic E-state index is 5.55. The number of benzene rings is 3. The minimum Gasteiger partial charge on any atom is -0.493 e. The van der Waals surface area contributed by atoms with Crippen LogP contribution < -0.4 is 14.2 Å². The van der Waals surface area contributed by atoms with Crippen molar-refractivity contribution < 1.29 is 14.2 Å². The lowest BCUT2D eigenvalue weighted by molar-refractivity contribution is 0.324. The summed E-state index contributed by atoms with van der Waals surface area (Å²) in [6.45, 7) is 2.08. The van der Waals surface area contributed by atoms with Crippen molar-refractivity contribution in [1.29, 1.82) is 0 Å². The molecule has 0 aliphatic rings. The molecule has 160 valence electrons. The summed E-state index contributed by atoms with van der Waals surface area (Å²) in [5, 5.41) is 0. The molecule has 32 heavy (non-hydrogen) atoms. The topological polar surface area (TPSA) is 57.9 Å². The van der Waals surface area contributed by atoms with Crippen molar-refractivity contribution in [2.24, 2.45) is 0 Å². The Bertz CT molecular complexity index is 1410. The molecule has 6 nitrogen and oxygen atoms in total. The maximum absolute atomic E-state index is 5.55. The van der Waals surface area contributed by atoms with Gasteiger partial charge in [-0.15, -0.1) is 0 Å². The fourth-order valence-electron chi connectivity index (χ4n) is 3.97. The summed E-state index contributed by atoms with van der Waals surface area (Å²) in [6, 6.07) is 22.4. The van der Waals surface area contributed by atoms with E-state index in [1.54, 1.807) is 21.3 Å². The predicted octanol–water partition coefficient (Wildman–Crippen LogP) is 5.55. The van der Waals surface area contributed by atoms with Gasteiger partial charge >= 0.3 is 0 Å². The molecule has 3 aromatic carbocycles. The molecule has 0 saturated carbocycles. The van der Waals surface area contributed by atoms with E-state index in [0.717, 1.165) is 33.5 Å². The van der Waals surface area contributed by atoms with Crippen LogP contribution in [0.15, 0.2) is 66.7 Å². The lowest BCUT2D eigenvalue weighted by Gasteiger charge is -2.15.